The molecule has 0 aromatic heterocycles. The number of methoxy groups -OCH3 is 2. The van der Waals surface area contributed by atoms with Crippen LogP contribution in [-0.4, -0.2) is 32.0 Å². The minimum atomic E-state index is -0.483. The summed E-state index contributed by atoms with van der Waals surface area (Å²) < 4.78 is 9.86. The largest absolute Gasteiger partial charge is 0.497 e. The maximum absolute atomic E-state index is 11.7. The monoisotopic (exact) mass is 249 g/mol. The van der Waals surface area contributed by atoms with E-state index in [-0.39, 0.29) is 12.1 Å². The van der Waals surface area contributed by atoms with Crippen LogP contribution in [0.2, 0.25) is 0 Å². The van der Waals surface area contributed by atoms with E-state index in [2.05, 4.69) is 5.16 Å². The molecule has 18 heavy (non-hydrogen) atoms. The molecule has 1 aliphatic rings. The van der Waals surface area contributed by atoms with Crippen molar-refractivity contribution in [3.63, 3.8) is 0 Å². The van der Waals surface area contributed by atoms with Crippen LogP contribution in [0.4, 0.5) is 0 Å². The normalized spacial score (nSPS) is 22.1. The average Bonchev–Trinajstić information content (AvgIpc) is 2.80. The van der Waals surface area contributed by atoms with Gasteiger partial charge in [0.1, 0.15) is 23.5 Å². The molecule has 0 unspecified atom stereocenters. The Kier molecular flexibility index (Phi) is 3.50. The summed E-state index contributed by atoms with van der Waals surface area (Å²) in [7, 11) is 2.96. The first-order valence-electron chi connectivity index (χ1n) is 5.63. The molecule has 0 aliphatic carbocycles. The van der Waals surface area contributed by atoms with Gasteiger partial charge >= 0.3 is 5.97 Å². The van der Waals surface area contributed by atoms with E-state index in [9.17, 15) is 4.79 Å². The zero-order valence-electron chi connectivity index (χ0n) is 10.5. The van der Waals surface area contributed by atoms with Crippen LogP contribution in [0.3, 0.4) is 0 Å². The second-order valence-corrected chi connectivity index (χ2v) is 4.02. The van der Waals surface area contributed by atoms with E-state index in [4.69, 9.17) is 14.3 Å². The Morgan fingerprint density at radius 1 is 1.28 bits per heavy atom. The summed E-state index contributed by atoms with van der Waals surface area (Å²) in [6.45, 7) is 1.79. The molecular formula is C13H15NO4. The SMILES string of the molecule is COC(=O)[C@@H]1C(c2ccc(OC)cc2)=NO[C@H]1C. The summed E-state index contributed by atoms with van der Waals surface area (Å²) in [6.07, 6.45) is -0.311. The van der Waals surface area contributed by atoms with Crippen LogP contribution in [-0.2, 0) is 14.4 Å². The van der Waals surface area contributed by atoms with Gasteiger partial charge in [0, 0.05) is 5.56 Å². The Morgan fingerprint density at radius 2 is 1.94 bits per heavy atom. The summed E-state index contributed by atoms with van der Waals surface area (Å²) in [5.41, 5.74) is 1.42. The maximum Gasteiger partial charge on any atom is 0.318 e. The first kappa shape index (κ1) is 12.4. The smallest absolute Gasteiger partial charge is 0.318 e. The number of carbonyl (C=O) groups is 1. The second kappa shape index (κ2) is 5.08. The highest BCUT2D eigenvalue weighted by Crippen LogP contribution is 2.25. The third kappa shape index (κ3) is 2.16. The number of rotatable bonds is 3. The van der Waals surface area contributed by atoms with Gasteiger partial charge in [-0.25, -0.2) is 0 Å². The Bertz CT molecular complexity index is 466. The molecule has 5 nitrogen and oxygen atoms in total. The zero-order chi connectivity index (χ0) is 13.1. The van der Waals surface area contributed by atoms with E-state index in [1.165, 1.54) is 7.11 Å². The molecule has 5 heteroatoms. The molecule has 0 bridgehead atoms. The van der Waals surface area contributed by atoms with Gasteiger partial charge in [-0.3, -0.25) is 4.79 Å². The van der Waals surface area contributed by atoms with Crippen molar-refractivity contribution < 1.29 is 19.1 Å². The fraction of sp³-hybridized carbons (Fsp3) is 0.385. The fourth-order valence-corrected chi connectivity index (χ4v) is 1.90. The van der Waals surface area contributed by atoms with Gasteiger partial charge in [-0.15, -0.1) is 0 Å². The molecular weight excluding hydrogens is 234 g/mol. The van der Waals surface area contributed by atoms with Crippen molar-refractivity contribution in [2.24, 2.45) is 11.1 Å². The number of benzene rings is 1. The van der Waals surface area contributed by atoms with Crippen molar-refractivity contribution in [3.05, 3.63) is 29.8 Å². The predicted octanol–water partition coefficient (Wildman–Crippen LogP) is 1.61. The minimum absolute atomic E-state index is 0.311. The second-order valence-electron chi connectivity index (χ2n) is 4.02. The molecule has 2 rings (SSSR count). The third-order valence-electron chi connectivity index (χ3n) is 2.92. The highest BCUT2D eigenvalue weighted by atomic mass is 16.6. The quantitative estimate of drug-likeness (QED) is 0.764. The standard InChI is InChI=1S/C13H15NO4/c1-8-11(13(15)17-3)12(14-18-8)9-4-6-10(16-2)7-5-9/h4-8,11H,1-3H3/t8-,11-/m0/s1. The molecule has 0 N–H and O–H groups in total. The van der Waals surface area contributed by atoms with Gasteiger partial charge in [0.25, 0.3) is 0 Å². The summed E-state index contributed by atoms with van der Waals surface area (Å²) in [5, 5.41) is 3.97. The van der Waals surface area contributed by atoms with Gasteiger partial charge in [-0.1, -0.05) is 5.16 Å². The number of hydrogen-bond acceptors (Lipinski definition) is 5. The molecule has 2 atom stereocenters. The average molecular weight is 249 g/mol. The first-order chi connectivity index (χ1) is 8.67. The summed E-state index contributed by atoms with van der Waals surface area (Å²) in [5.74, 6) is -0.0705. The Morgan fingerprint density at radius 3 is 2.50 bits per heavy atom. The van der Waals surface area contributed by atoms with Crippen LogP contribution in [0.25, 0.3) is 0 Å². The highest BCUT2D eigenvalue weighted by molar-refractivity contribution is 6.12. The van der Waals surface area contributed by atoms with Gasteiger partial charge in [0.05, 0.1) is 14.2 Å². The van der Waals surface area contributed by atoms with Gasteiger partial charge in [0.2, 0.25) is 0 Å². The Hall–Kier alpha value is -2.04. The van der Waals surface area contributed by atoms with Gasteiger partial charge < -0.3 is 14.3 Å². The van der Waals surface area contributed by atoms with Crippen molar-refractivity contribution in [2.75, 3.05) is 14.2 Å². The van der Waals surface area contributed by atoms with Crippen molar-refractivity contribution in [2.45, 2.75) is 13.0 Å². The van der Waals surface area contributed by atoms with E-state index in [1.54, 1.807) is 14.0 Å². The van der Waals surface area contributed by atoms with Crippen molar-refractivity contribution >= 4 is 11.7 Å². The van der Waals surface area contributed by atoms with E-state index in [0.717, 1.165) is 11.3 Å². The lowest BCUT2D eigenvalue weighted by atomic mass is 9.93. The van der Waals surface area contributed by atoms with E-state index >= 15 is 0 Å². The number of esters is 1. The summed E-state index contributed by atoms with van der Waals surface area (Å²) >= 11 is 0. The van der Waals surface area contributed by atoms with Gasteiger partial charge in [-0.05, 0) is 31.2 Å². The van der Waals surface area contributed by atoms with E-state index in [0.29, 0.717) is 5.71 Å². The molecule has 0 fully saturated rings. The number of hydrogen-bond donors (Lipinski definition) is 0. The van der Waals surface area contributed by atoms with Crippen LogP contribution < -0.4 is 4.74 Å². The molecule has 0 amide bonds. The van der Waals surface area contributed by atoms with E-state index in [1.807, 2.05) is 24.3 Å². The molecule has 1 heterocycles. The van der Waals surface area contributed by atoms with Crippen LogP contribution in [0.1, 0.15) is 12.5 Å². The lowest BCUT2D eigenvalue weighted by Crippen LogP contribution is -2.30. The zero-order valence-corrected chi connectivity index (χ0v) is 10.5. The Labute approximate surface area is 105 Å². The molecule has 0 radical (unpaired) electrons. The fourth-order valence-electron chi connectivity index (χ4n) is 1.90. The molecule has 0 saturated carbocycles. The molecule has 1 aromatic rings. The lowest BCUT2D eigenvalue weighted by Gasteiger charge is -2.12. The molecule has 1 aliphatic heterocycles. The highest BCUT2D eigenvalue weighted by Gasteiger charge is 2.38. The number of nitrogens with zero attached hydrogens (tertiary/aromatic N) is 1. The number of oxime groups is 1. The predicted molar refractivity (Wildman–Crippen MR) is 65.6 cm³/mol. The molecule has 0 spiro atoms. The number of ether oxygens (including phenoxy) is 2. The minimum Gasteiger partial charge on any atom is -0.497 e. The lowest BCUT2D eigenvalue weighted by molar-refractivity contribution is -0.145. The summed E-state index contributed by atoms with van der Waals surface area (Å²) in [4.78, 5) is 16.9. The summed E-state index contributed by atoms with van der Waals surface area (Å²) in [6, 6.07) is 7.31. The van der Waals surface area contributed by atoms with Crippen LogP contribution in [0.15, 0.2) is 29.4 Å². The third-order valence-corrected chi connectivity index (χ3v) is 2.92. The van der Waals surface area contributed by atoms with Crippen LogP contribution >= 0.6 is 0 Å². The van der Waals surface area contributed by atoms with Crippen LogP contribution in [0.5, 0.6) is 5.75 Å². The van der Waals surface area contributed by atoms with Crippen molar-refractivity contribution in [1.29, 1.82) is 0 Å². The van der Waals surface area contributed by atoms with Gasteiger partial charge in [0.15, 0.2) is 0 Å². The van der Waals surface area contributed by atoms with Crippen LogP contribution in [0, 0.1) is 5.92 Å². The van der Waals surface area contributed by atoms with Gasteiger partial charge in [-0.2, -0.15) is 0 Å². The maximum atomic E-state index is 11.7. The van der Waals surface area contributed by atoms with E-state index < -0.39 is 5.92 Å². The van der Waals surface area contributed by atoms with Crippen molar-refractivity contribution in [3.8, 4) is 5.75 Å². The molecule has 1 aromatic carbocycles. The van der Waals surface area contributed by atoms with Crippen molar-refractivity contribution in [1.82, 2.24) is 0 Å². The first-order valence-corrected chi connectivity index (χ1v) is 5.63. The molecule has 0 saturated heterocycles. The number of carbonyl (C=O) groups excluding carboxylic acids is 1. The Balaban J connectivity index is 2.28. The topological polar surface area (TPSA) is 57.1 Å². The molecule has 96 valence electrons.